The summed E-state index contributed by atoms with van der Waals surface area (Å²) in [5.41, 5.74) is 0. The number of amides is 1. The van der Waals surface area contributed by atoms with Gasteiger partial charge in [-0.25, -0.2) is 4.79 Å². The number of carboxylic acid groups (broad SMARTS) is 1. The summed E-state index contributed by atoms with van der Waals surface area (Å²) in [6.45, 7) is 4.09. The lowest BCUT2D eigenvalue weighted by Crippen LogP contribution is -2.40. The molecule has 0 saturated heterocycles. The van der Waals surface area contributed by atoms with Crippen molar-refractivity contribution in [1.82, 2.24) is 5.32 Å². The van der Waals surface area contributed by atoms with Gasteiger partial charge < -0.3 is 14.8 Å². The van der Waals surface area contributed by atoms with Gasteiger partial charge in [0.05, 0.1) is 0 Å². The maximum Gasteiger partial charge on any atom is 0.326 e. The normalized spacial score (nSPS) is 21.8. The first kappa shape index (κ1) is 15.6. The Morgan fingerprint density at radius 1 is 1.48 bits per heavy atom. The van der Waals surface area contributed by atoms with E-state index >= 15 is 0 Å². The quantitative estimate of drug-likeness (QED) is 0.772. The smallest absolute Gasteiger partial charge is 0.326 e. The Kier molecular flexibility index (Phi) is 5.04. The van der Waals surface area contributed by atoms with Crippen LogP contribution in [0.25, 0.3) is 0 Å². The molecule has 0 radical (unpaired) electrons. The predicted octanol–water partition coefficient (Wildman–Crippen LogP) is 2.71. The van der Waals surface area contributed by atoms with Crippen molar-refractivity contribution in [3.63, 3.8) is 0 Å². The van der Waals surface area contributed by atoms with Gasteiger partial charge in [0.2, 0.25) is 5.91 Å². The van der Waals surface area contributed by atoms with Crippen LogP contribution in [0.3, 0.4) is 0 Å². The van der Waals surface area contributed by atoms with Crippen LogP contribution in [0, 0.1) is 5.92 Å². The third-order valence-electron chi connectivity index (χ3n) is 3.97. The molecular formula is C16H23NO4. The lowest BCUT2D eigenvalue weighted by Gasteiger charge is -2.13. The Hall–Kier alpha value is -1.78. The van der Waals surface area contributed by atoms with E-state index in [1.54, 1.807) is 0 Å². The molecule has 3 unspecified atom stereocenters. The predicted molar refractivity (Wildman–Crippen MR) is 78.0 cm³/mol. The van der Waals surface area contributed by atoms with Crippen LogP contribution in [0.5, 0.6) is 0 Å². The van der Waals surface area contributed by atoms with Gasteiger partial charge in [-0.15, -0.1) is 0 Å². The number of carboxylic acids is 1. The minimum atomic E-state index is -0.979. The Morgan fingerprint density at radius 3 is 2.76 bits per heavy atom. The summed E-state index contributed by atoms with van der Waals surface area (Å²) in [5, 5.41) is 11.6. The molecule has 1 aromatic rings. The molecule has 0 aliphatic heterocycles. The zero-order chi connectivity index (χ0) is 15.4. The fourth-order valence-corrected chi connectivity index (χ4v) is 2.50. The maximum absolute atomic E-state index is 11.8. The van der Waals surface area contributed by atoms with Crippen molar-refractivity contribution in [3.8, 4) is 0 Å². The highest BCUT2D eigenvalue weighted by atomic mass is 16.4. The topological polar surface area (TPSA) is 79.5 Å². The van der Waals surface area contributed by atoms with Crippen LogP contribution in [-0.4, -0.2) is 23.0 Å². The van der Waals surface area contributed by atoms with Crippen molar-refractivity contribution in [2.75, 3.05) is 0 Å². The number of rotatable bonds is 8. The molecule has 1 aliphatic carbocycles. The number of furan rings is 1. The molecule has 2 rings (SSSR count). The first-order valence-corrected chi connectivity index (χ1v) is 7.62. The second-order valence-corrected chi connectivity index (χ2v) is 5.87. The molecule has 2 N–H and O–H groups in total. The van der Waals surface area contributed by atoms with E-state index in [4.69, 9.17) is 9.52 Å². The van der Waals surface area contributed by atoms with E-state index in [2.05, 4.69) is 12.2 Å². The lowest BCUT2D eigenvalue weighted by atomic mass is 10.1. The number of carbonyl (C=O) groups excluding carboxylic acids is 1. The third kappa shape index (κ3) is 4.34. The number of hydrogen-bond donors (Lipinski definition) is 2. The molecule has 1 fully saturated rings. The molecule has 1 aliphatic rings. The van der Waals surface area contributed by atoms with E-state index in [0.717, 1.165) is 17.9 Å². The summed E-state index contributed by atoms with van der Waals surface area (Å²) in [5.74, 6) is 1.81. The van der Waals surface area contributed by atoms with E-state index in [0.29, 0.717) is 24.7 Å². The summed E-state index contributed by atoms with van der Waals surface area (Å²) in [4.78, 5) is 22.8. The van der Waals surface area contributed by atoms with Crippen LogP contribution in [0.4, 0.5) is 0 Å². The second-order valence-electron chi connectivity index (χ2n) is 5.87. The Morgan fingerprint density at radius 2 is 2.19 bits per heavy atom. The largest absolute Gasteiger partial charge is 0.480 e. The van der Waals surface area contributed by atoms with E-state index < -0.39 is 12.0 Å². The summed E-state index contributed by atoms with van der Waals surface area (Å²) >= 11 is 0. The summed E-state index contributed by atoms with van der Waals surface area (Å²) in [7, 11) is 0. The van der Waals surface area contributed by atoms with Crippen molar-refractivity contribution < 1.29 is 19.1 Å². The number of hydrogen-bond acceptors (Lipinski definition) is 3. The number of aliphatic carboxylic acids is 1. The Bertz CT molecular complexity index is 508. The SMILES string of the molecule is CCCC(NC(=O)CCc1ccc(C2CC2C)o1)C(=O)O. The monoisotopic (exact) mass is 293 g/mol. The van der Waals surface area contributed by atoms with Gasteiger partial charge in [-0.2, -0.15) is 0 Å². The minimum absolute atomic E-state index is 0.242. The minimum Gasteiger partial charge on any atom is -0.480 e. The van der Waals surface area contributed by atoms with Crippen molar-refractivity contribution in [2.45, 2.75) is 57.9 Å². The number of nitrogens with one attached hydrogen (secondary N) is 1. The van der Waals surface area contributed by atoms with Crippen molar-refractivity contribution in [1.29, 1.82) is 0 Å². The van der Waals surface area contributed by atoms with Gasteiger partial charge in [0.25, 0.3) is 0 Å². The van der Waals surface area contributed by atoms with E-state index in [9.17, 15) is 9.59 Å². The van der Waals surface area contributed by atoms with Crippen molar-refractivity contribution >= 4 is 11.9 Å². The molecule has 21 heavy (non-hydrogen) atoms. The van der Waals surface area contributed by atoms with Crippen LogP contribution in [0.1, 0.15) is 57.0 Å². The van der Waals surface area contributed by atoms with Crippen molar-refractivity contribution in [2.24, 2.45) is 5.92 Å². The highest BCUT2D eigenvalue weighted by Gasteiger charge is 2.36. The number of aryl methyl sites for hydroxylation is 1. The molecule has 0 bridgehead atoms. The summed E-state index contributed by atoms with van der Waals surface area (Å²) < 4.78 is 5.73. The molecule has 5 nitrogen and oxygen atoms in total. The van der Waals surface area contributed by atoms with E-state index in [1.807, 2.05) is 19.1 Å². The molecule has 0 spiro atoms. The fraction of sp³-hybridized carbons (Fsp3) is 0.625. The highest BCUT2D eigenvalue weighted by Crippen LogP contribution is 2.47. The fourth-order valence-electron chi connectivity index (χ4n) is 2.50. The van der Waals surface area contributed by atoms with Gasteiger partial charge in [0, 0.05) is 18.8 Å². The zero-order valence-electron chi connectivity index (χ0n) is 12.6. The molecule has 1 saturated carbocycles. The third-order valence-corrected chi connectivity index (χ3v) is 3.97. The molecule has 1 heterocycles. The van der Waals surface area contributed by atoms with Gasteiger partial charge >= 0.3 is 5.97 Å². The van der Waals surface area contributed by atoms with Crippen LogP contribution in [0.15, 0.2) is 16.5 Å². The van der Waals surface area contributed by atoms with E-state index in [1.165, 1.54) is 6.42 Å². The first-order valence-electron chi connectivity index (χ1n) is 7.62. The first-order chi connectivity index (χ1) is 10.0. The number of carbonyl (C=O) groups is 2. The van der Waals surface area contributed by atoms with Crippen LogP contribution < -0.4 is 5.32 Å². The van der Waals surface area contributed by atoms with Gasteiger partial charge in [0.1, 0.15) is 17.6 Å². The van der Waals surface area contributed by atoms with Gasteiger partial charge in [-0.05, 0) is 30.9 Å². The Labute approximate surface area is 124 Å². The molecule has 1 amide bonds. The van der Waals surface area contributed by atoms with Crippen molar-refractivity contribution in [3.05, 3.63) is 23.7 Å². The zero-order valence-corrected chi connectivity index (χ0v) is 12.6. The lowest BCUT2D eigenvalue weighted by molar-refractivity contribution is -0.142. The molecule has 1 aromatic heterocycles. The van der Waals surface area contributed by atoms with Gasteiger partial charge in [-0.1, -0.05) is 20.3 Å². The second kappa shape index (κ2) is 6.78. The highest BCUT2D eigenvalue weighted by molar-refractivity contribution is 5.83. The molecule has 0 aromatic carbocycles. The van der Waals surface area contributed by atoms with Gasteiger partial charge in [-0.3, -0.25) is 4.79 Å². The molecule has 5 heteroatoms. The van der Waals surface area contributed by atoms with Crippen LogP contribution in [0.2, 0.25) is 0 Å². The van der Waals surface area contributed by atoms with Gasteiger partial charge in [0.15, 0.2) is 0 Å². The standard InChI is InChI=1S/C16H23NO4/c1-3-4-13(16(19)20)17-15(18)8-6-11-5-7-14(21-11)12-9-10(12)2/h5,7,10,12-13H,3-4,6,8-9H2,1-2H3,(H,17,18)(H,19,20). The summed E-state index contributed by atoms with van der Waals surface area (Å²) in [6, 6.07) is 3.11. The molecular weight excluding hydrogens is 270 g/mol. The average Bonchev–Trinajstić information content (AvgIpc) is 2.99. The van der Waals surface area contributed by atoms with E-state index in [-0.39, 0.29) is 12.3 Å². The Balaban J connectivity index is 1.78. The average molecular weight is 293 g/mol. The van der Waals surface area contributed by atoms with Crippen LogP contribution >= 0.6 is 0 Å². The summed E-state index contributed by atoms with van der Waals surface area (Å²) in [6.07, 6.45) is 3.10. The molecule has 3 atom stereocenters. The van der Waals surface area contributed by atoms with Crippen LogP contribution in [-0.2, 0) is 16.0 Å². The maximum atomic E-state index is 11.8. The molecule has 116 valence electrons.